The number of hydrogen-bond donors (Lipinski definition) is 1. The third kappa shape index (κ3) is 5.01. The first-order chi connectivity index (χ1) is 10.4. The lowest BCUT2D eigenvalue weighted by Gasteiger charge is -2.07. The molecule has 0 spiro atoms. The van der Waals surface area contributed by atoms with E-state index in [-0.39, 0.29) is 12.1 Å². The van der Waals surface area contributed by atoms with E-state index in [1.807, 2.05) is 6.92 Å². The minimum Gasteiger partial charge on any atom is -0.249 e. The maximum atomic E-state index is 13.6. The molecule has 0 bridgehead atoms. The fraction of sp³-hybridized carbons (Fsp3) is 0.357. The Hall–Kier alpha value is -1.02. The molecule has 0 saturated carbocycles. The summed E-state index contributed by atoms with van der Waals surface area (Å²) >= 11 is 7.33. The molecule has 1 aromatic heterocycles. The van der Waals surface area contributed by atoms with Gasteiger partial charge in [0.05, 0.1) is 10.8 Å². The van der Waals surface area contributed by atoms with E-state index in [0.717, 1.165) is 17.5 Å². The molecule has 2 aromatic rings. The van der Waals surface area contributed by atoms with Crippen molar-refractivity contribution in [2.45, 2.75) is 25.5 Å². The van der Waals surface area contributed by atoms with Crippen molar-refractivity contribution >= 4 is 33.0 Å². The standard InChI is InChI=1S/C14H16ClFN2O2S2/c1-2-12-8-17-14(21-12)5-6-18-22(19,20)9-10-7-11(15)3-4-13(10)16/h3-4,7-8,18H,2,5-6,9H2,1H3. The van der Waals surface area contributed by atoms with Crippen LogP contribution in [-0.4, -0.2) is 19.9 Å². The largest absolute Gasteiger partial charge is 0.249 e. The Morgan fingerprint density at radius 3 is 2.86 bits per heavy atom. The molecule has 4 nitrogen and oxygen atoms in total. The van der Waals surface area contributed by atoms with Gasteiger partial charge in [-0.25, -0.2) is 22.5 Å². The summed E-state index contributed by atoms with van der Waals surface area (Å²) < 4.78 is 40.0. The fourth-order valence-electron chi connectivity index (χ4n) is 1.85. The van der Waals surface area contributed by atoms with Gasteiger partial charge in [0, 0.05) is 34.6 Å². The number of benzene rings is 1. The molecule has 8 heteroatoms. The Bertz CT molecular complexity index is 747. The molecule has 1 heterocycles. The topological polar surface area (TPSA) is 59.1 Å². The number of nitrogens with zero attached hydrogens (tertiary/aromatic N) is 1. The van der Waals surface area contributed by atoms with E-state index < -0.39 is 21.6 Å². The average Bonchev–Trinajstić information content (AvgIpc) is 2.90. The molecule has 1 N–H and O–H groups in total. The highest BCUT2D eigenvalue weighted by Crippen LogP contribution is 2.17. The third-order valence-corrected chi connectivity index (χ3v) is 5.74. The first-order valence-electron chi connectivity index (χ1n) is 6.74. The Morgan fingerprint density at radius 2 is 2.18 bits per heavy atom. The van der Waals surface area contributed by atoms with Crippen molar-refractivity contribution in [1.82, 2.24) is 9.71 Å². The summed E-state index contributed by atoms with van der Waals surface area (Å²) in [6, 6.07) is 3.87. The van der Waals surface area contributed by atoms with Crippen LogP contribution in [0.25, 0.3) is 0 Å². The van der Waals surface area contributed by atoms with Crippen LogP contribution in [0.4, 0.5) is 4.39 Å². The summed E-state index contributed by atoms with van der Waals surface area (Å²) in [5.41, 5.74) is 0.0579. The van der Waals surface area contributed by atoms with E-state index in [0.29, 0.717) is 11.4 Å². The first-order valence-corrected chi connectivity index (χ1v) is 9.59. The average molecular weight is 363 g/mol. The van der Waals surface area contributed by atoms with Crippen LogP contribution in [0.15, 0.2) is 24.4 Å². The van der Waals surface area contributed by atoms with E-state index in [9.17, 15) is 12.8 Å². The molecule has 0 atom stereocenters. The molecule has 22 heavy (non-hydrogen) atoms. The fourth-order valence-corrected chi connectivity index (χ4v) is 4.05. The first kappa shape index (κ1) is 17.3. The van der Waals surface area contributed by atoms with Crippen LogP contribution in [0.5, 0.6) is 0 Å². The highest BCUT2D eigenvalue weighted by atomic mass is 35.5. The number of hydrogen-bond acceptors (Lipinski definition) is 4. The van der Waals surface area contributed by atoms with Crippen molar-refractivity contribution in [3.8, 4) is 0 Å². The number of halogens is 2. The number of nitrogens with one attached hydrogen (secondary N) is 1. The molecule has 0 saturated heterocycles. The summed E-state index contributed by atoms with van der Waals surface area (Å²) in [6.45, 7) is 2.28. The molecule has 0 aliphatic rings. The van der Waals surface area contributed by atoms with E-state index >= 15 is 0 Å². The Morgan fingerprint density at radius 1 is 1.41 bits per heavy atom. The monoisotopic (exact) mass is 362 g/mol. The summed E-state index contributed by atoms with van der Waals surface area (Å²) in [4.78, 5) is 5.39. The zero-order chi connectivity index (χ0) is 16.2. The summed E-state index contributed by atoms with van der Waals surface area (Å²) in [5.74, 6) is -1.01. The van der Waals surface area contributed by atoms with Gasteiger partial charge >= 0.3 is 0 Å². The SMILES string of the molecule is CCc1cnc(CCNS(=O)(=O)Cc2cc(Cl)ccc2F)s1. The van der Waals surface area contributed by atoms with Gasteiger partial charge in [0.25, 0.3) is 0 Å². The van der Waals surface area contributed by atoms with Crippen molar-refractivity contribution in [2.24, 2.45) is 0 Å². The van der Waals surface area contributed by atoms with Gasteiger partial charge < -0.3 is 0 Å². The number of aromatic nitrogens is 1. The lowest BCUT2D eigenvalue weighted by molar-refractivity contribution is 0.574. The summed E-state index contributed by atoms with van der Waals surface area (Å²) in [7, 11) is -3.61. The van der Waals surface area contributed by atoms with Crippen LogP contribution in [-0.2, 0) is 28.6 Å². The predicted octanol–water partition coefficient (Wildman–Crippen LogP) is 3.16. The van der Waals surface area contributed by atoms with Gasteiger partial charge in [-0.2, -0.15) is 0 Å². The molecule has 2 rings (SSSR count). The third-order valence-electron chi connectivity index (χ3n) is 2.96. The van der Waals surface area contributed by atoms with Crippen molar-refractivity contribution in [3.05, 3.63) is 50.7 Å². The van der Waals surface area contributed by atoms with Crippen molar-refractivity contribution < 1.29 is 12.8 Å². The van der Waals surface area contributed by atoms with E-state index in [1.54, 1.807) is 17.5 Å². The lowest BCUT2D eigenvalue weighted by Crippen LogP contribution is -2.27. The lowest BCUT2D eigenvalue weighted by atomic mass is 10.2. The molecular formula is C14H16ClFN2O2S2. The molecule has 0 aliphatic carbocycles. The van der Waals surface area contributed by atoms with Gasteiger partial charge in [-0.3, -0.25) is 0 Å². The normalized spacial score (nSPS) is 11.8. The van der Waals surface area contributed by atoms with Crippen LogP contribution < -0.4 is 4.72 Å². The number of thiazole rings is 1. The molecule has 0 aliphatic heterocycles. The van der Waals surface area contributed by atoms with Crippen LogP contribution in [0.3, 0.4) is 0 Å². The maximum absolute atomic E-state index is 13.6. The minimum atomic E-state index is -3.61. The second-order valence-corrected chi connectivity index (χ2v) is 8.16. The number of aryl methyl sites for hydroxylation is 1. The molecule has 0 radical (unpaired) electrons. The van der Waals surface area contributed by atoms with Gasteiger partial charge in [0.1, 0.15) is 5.82 Å². The van der Waals surface area contributed by atoms with Crippen molar-refractivity contribution in [3.63, 3.8) is 0 Å². The molecule has 0 unspecified atom stereocenters. The van der Waals surface area contributed by atoms with Crippen LogP contribution >= 0.6 is 22.9 Å². The molecular weight excluding hydrogens is 347 g/mol. The summed E-state index contributed by atoms with van der Waals surface area (Å²) in [6.07, 6.45) is 3.23. The highest BCUT2D eigenvalue weighted by molar-refractivity contribution is 7.88. The van der Waals surface area contributed by atoms with Crippen molar-refractivity contribution in [2.75, 3.05) is 6.54 Å². The van der Waals surface area contributed by atoms with Crippen LogP contribution in [0.2, 0.25) is 5.02 Å². The van der Waals surface area contributed by atoms with Gasteiger partial charge in [-0.1, -0.05) is 18.5 Å². The second-order valence-electron chi connectivity index (χ2n) is 4.71. The summed E-state index contributed by atoms with van der Waals surface area (Å²) in [5, 5.41) is 1.19. The Kier molecular flexibility index (Phi) is 5.91. The predicted molar refractivity (Wildman–Crippen MR) is 87.2 cm³/mol. The Labute approximate surface area is 138 Å². The number of rotatable bonds is 7. The molecule has 0 fully saturated rings. The Balaban J connectivity index is 1.92. The van der Waals surface area contributed by atoms with Gasteiger partial charge in [0.15, 0.2) is 0 Å². The van der Waals surface area contributed by atoms with Gasteiger partial charge in [-0.05, 0) is 24.6 Å². The highest BCUT2D eigenvalue weighted by Gasteiger charge is 2.15. The van der Waals surface area contributed by atoms with Crippen molar-refractivity contribution in [1.29, 1.82) is 0 Å². The molecule has 1 aromatic carbocycles. The minimum absolute atomic E-state index is 0.0579. The van der Waals surface area contributed by atoms with Gasteiger partial charge in [0.2, 0.25) is 10.0 Å². The molecule has 120 valence electrons. The number of sulfonamides is 1. The van der Waals surface area contributed by atoms with E-state index in [1.165, 1.54) is 17.0 Å². The second kappa shape index (κ2) is 7.50. The van der Waals surface area contributed by atoms with E-state index in [2.05, 4.69) is 9.71 Å². The van der Waals surface area contributed by atoms with E-state index in [4.69, 9.17) is 11.6 Å². The maximum Gasteiger partial charge on any atom is 0.215 e. The zero-order valence-electron chi connectivity index (χ0n) is 12.0. The quantitative estimate of drug-likeness (QED) is 0.823. The van der Waals surface area contributed by atoms with Gasteiger partial charge in [-0.15, -0.1) is 11.3 Å². The zero-order valence-corrected chi connectivity index (χ0v) is 14.4. The smallest absolute Gasteiger partial charge is 0.215 e. The van der Waals surface area contributed by atoms with Crippen LogP contribution in [0.1, 0.15) is 22.4 Å². The molecule has 0 amide bonds. The van der Waals surface area contributed by atoms with Crippen LogP contribution in [0, 0.1) is 5.82 Å².